The minimum Gasteiger partial charge on any atom is -0.495 e. The summed E-state index contributed by atoms with van der Waals surface area (Å²) in [5, 5.41) is 14.4. The molecule has 0 spiro atoms. The Bertz CT molecular complexity index is 508. The molecule has 0 saturated heterocycles. The highest BCUT2D eigenvalue weighted by molar-refractivity contribution is 9.10. The third-order valence-corrected chi connectivity index (χ3v) is 3.14. The number of aliphatic hydroxyl groups is 1. The zero-order chi connectivity index (χ0) is 12.4. The lowest BCUT2D eigenvalue weighted by Gasteiger charge is -2.15. The van der Waals surface area contributed by atoms with E-state index in [2.05, 4.69) is 26.0 Å². The first-order valence-corrected chi connectivity index (χ1v) is 5.77. The van der Waals surface area contributed by atoms with Gasteiger partial charge in [0, 0.05) is 18.8 Å². The lowest BCUT2D eigenvalue weighted by atomic mass is 10.1. The van der Waals surface area contributed by atoms with Crippen LogP contribution in [0.4, 0.5) is 0 Å². The molecule has 0 amide bonds. The SMILES string of the molecule is COc1cnccc1C(O)c1c(Br)cnn1C. The Balaban J connectivity index is 2.47. The number of rotatable bonds is 3. The first kappa shape index (κ1) is 12.1. The van der Waals surface area contributed by atoms with E-state index < -0.39 is 6.10 Å². The van der Waals surface area contributed by atoms with Gasteiger partial charge in [-0.25, -0.2) is 0 Å². The summed E-state index contributed by atoms with van der Waals surface area (Å²) in [4.78, 5) is 3.95. The van der Waals surface area contributed by atoms with Crippen molar-refractivity contribution in [2.24, 2.45) is 7.05 Å². The molecule has 1 N–H and O–H groups in total. The number of halogens is 1. The van der Waals surface area contributed by atoms with Gasteiger partial charge in [0.05, 0.1) is 29.7 Å². The highest BCUT2D eigenvalue weighted by Crippen LogP contribution is 2.32. The summed E-state index contributed by atoms with van der Waals surface area (Å²) in [6, 6.07) is 1.73. The van der Waals surface area contributed by atoms with E-state index in [-0.39, 0.29) is 0 Å². The molecular formula is C11H12BrN3O2. The topological polar surface area (TPSA) is 60.2 Å². The maximum atomic E-state index is 10.4. The van der Waals surface area contributed by atoms with Gasteiger partial charge < -0.3 is 9.84 Å². The van der Waals surface area contributed by atoms with Gasteiger partial charge in [0.2, 0.25) is 0 Å². The Morgan fingerprint density at radius 3 is 2.82 bits per heavy atom. The molecule has 6 heteroatoms. The fraction of sp³-hybridized carbons (Fsp3) is 0.273. The average molecular weight is 298 g/mol. The Kier molecular flexibility index (Phi) is 3.44. The van der Waals surface area contributed by atoms with Crippen LogP contribution in [0.25, 0.3) is 0 Å². The summed E-state index contributed by atoms with van der Waals surface area (Å²) < 4.78 is 7.55. The number of nitrogens with zero attached hydrogens (tertiary/aromatic N) is 3. The molecule has 0 aromatic carbocycles. The number of pyridine rings is 1. The normalized spacial score (nSPS) is 12.5. The monoisotopic (exact) mass is 297 g/mol. The largest absolute Gasteiger partial charge is 0.495 e. The van der Waals surface area contributed by atoms with E-state index in [4.69, 9.17) is 4.74 Å². The minimum absolute atomic E-state index is 0.549. The van der Waals surface area contributed by atoms with Gasteiger partial charge in [0.25, 0.3) is 0 Å². The summed E-state index contributed by atoms with van der Waals surface area (Å²) in [7, 11) is 3.32. The predicted octanol–water partition coefficient (Wildman–Crippen LogP) is 1.67. The van der Waals surface area contributed by atoms with E-state index in [9.17, 15) is 5.11 Å². The molecule has 0 aliphatic carbocycles. The van der Waals surface area contributed by atoms with Crippen LogP contribution in [-0.2, 0) is 7.05 Å². The molecule has 2 heterocycles. The molecule has 2 aromatic rings. The van der Waals surface area contributed by atoms with Gasteiger partial charge in [0.15, 0.2) is 0 Å². The molecule has 0 saturated carbocycles. The number of aryl methyl sites for hydroxylation is 1. The number of ether oxygens (including phenoxy) is 1. The maximum Gasteiger partial charge on any atom is 0.143 e. The third-order valence-electron chi connectivity index (χ3n) is 2.53. The summed E-state index contributed by atoms with van der Waals surface area (Å²) in [6.45, 7) is 0. The second kappa shape index (κ2) is 4.85. The van der Waals surface area contributed by atoms with E-state index >= 15 is 0 Å². The second-order valence-corrected chi connectivity index (χ2v) is 4.38. The quantitative estimate of drug-likeness (QED) is 0.936. The van der Waals surface area contributed by atoms with Crippen molar-refractivity contribution in [2.45, 2.75) is 6.10 Å². The number of hydrogen-bond donors (Lipinski definition) is 1. The molecule has 0 fully saturated rings. The van der Waals surface area contributed by atoms with Crippen LogP contribution in [0.5, 0.6) is 5.75 Å². The molecule has 0 bridgehead atoms. The zero-order valence-electron chi connectivity index (χ0n) is 9.46. The van der Waals surface area contributed by atoms with Crippen molar-refractivity contribution in [3.8, 4) is 5.75 Å². The van der Waals surface area contributed by atoms with E-state index in [0.717, 1.165) is 4.47 Å². The lowest BCUT2D eigenvalue weighted by Crippen LogP contribution is -2.08. The third kappa shape index (κ3) is 2.18. The van der Waals surface area contributed by atoms with Crippen LogP contribution >= 0.6 is 15.9 Å². The van der Waals surface area contributed by atoms with Crippen LogP contribution < -0.4 is 4.74 Å². The molecule has 2 rings (SSSR count). The molecule has 17 heavy (non-hydrogen) atoms. The number of aromatic nitrogens is 3. The Hall–Kier alpha value is -1.40. The van der Waals surface area contributed by atoms with E-state index in [0.29, 0.717) is 17.0 Å². The highest BCUT2D eigenvalue weighted by Gasteiger charge is 2.21. The van der Waals surface area contributed by atoms with Gasteiger partial charge >= 0.3 is 0 Å². The van der Waals surface area contributed by atoms with Crippen LogP contribution in [0.1, 0.15) is 17.4 Å². The van der Waals surface area contributed by atoms with Gasteiger partial charge in [0.1, 0.15) is 11.9 Å². The molecule has 1 atom stereocenters. The maximum absolute atomic E-state index is 10.4. The molecule has 0 aliphatic rings. The van der Waals surface area contributed by atoms with E-state index in [1.54, 1.807) is 43.5 Å². The van der Waals surface area contributed by atoms with Crippen LogP contribution in [0.15, 0.2) is 29.1 Å². The molecule has 2 aromatic heterocycles. The summed E-state index contributed by atoms with van der Waals surface area (Å²) in [5.41, 5.74) is 1.33. The van der Waals surface area contributed by atoms with Gasteiger partial charge in [-0.2, -0.15) is 5.10 Å². The number of hydrogen-bond acceptors (Lipinski definition) is 4. The number of aliphatic hydroxyl groups excluding tert-OH is 1. The first-order valence-electron chi connectivity index (χ1n) is 4.98. The number of methoxy groups -OCH3 is 1. The molecule has 5 nitrogen and oxygen atoms in total. The first-order chi connectivity index (χ1) is 8.15. The van der Waals surface area contributed by atoms with Crippen molar-refractivity contribution >= 4 is 15.9 Å². The van der Waals surface area contributed by atoms with Crippen molar-refractivity contribution in [3.63, 3.8) is 0 Å². The van der Waals surface area contributed by atoms with Gasteiger partial charge in [-0.15, -0.1) is 0 Å². The van der Waals surface area contributed by atoms with Crippen LogP contribution in [0.2, 0.25) is 0 Å². The fourth-order valence-corrected chi connectivity index (χ4v) is 2.23. The minimum atomic E-state index is -0.810. The standard InChI is InChI=1S/C11H12BrN3O2/c1-15-10(8(12)5-14-15)11(16)7-3-4-13-6-9(7)17-2/h3-6,11,16H,1-2H3. The van der Waals surface area contributed by atoms with Gasteiger partial charge in [-0.3, -0.25) is 9.67 Å². The van der Waals surface area contributed by atoms with Crippen LogP contribution in [0.3, 0.4) is 0 Å². The van der Waals surface area contributed by atoms with Crippen molar-refractivity contribution in [2.75, 3.05) is 7.11 Å². The van der Waals surface area contributed by atoms with Crippen molar-refractivity contribution in [3.05, 3.63) is 40.4 Å². The Morgan fingerprint density at radius 1 is 1.47 bits per heavy atom. The zero-order valence-corrected chi connectivity index (χ0v) is 11.0. The second-order valence-electron chi connectivity index (χ2n) is 3.52. The van der Waals surface area contributed by atoms with Crippen LogP contribution in [0, 0.1) is 0 Å². The van der Waals surface area contributed by atoms with Crippen molar-refractivity contribution < 1.29 is 9.84 Å². The molecule has 90 valence electrons. The van der Waals surface area contributed by atoms with Gasteiger partial charge in [-0.05, 0) is 22.0 Å². The molecule has 0 aliphatic heterocycles. The molecule has 0 radical (unpaired) electrons. The summed E-state index contributed by atoms with van der Waals surface area (Å²) >= 11 is 3.36. The summed E-state index contributed by atoms with van der Waals surface area (Å²) in [6.07, 6.45) is 4.02. The molecule has 1 unspecified atom stereocenters. The predicted molar refractivity (Wildman–Crippen MR) is 65.8 cm³/mol. The Labute approximate surface area is 107 Å². The van der Waals surface area contributed by atoms with E-state index in [1.165, 1.54) is 0 Å². The average Bonchev–Trinajstić information content (AvgIpc) is 2.68. The smallest absolute Gasteiger partial charge is 0.143 e. The Morgan fingerprint density at radius 2 is 2.24 bits per heavy atom. The van der Waals surface area contributed by atoms with Gasteiger partial charge in [-0.1, -0.05) is 0 Å². The van der Waals surface area contributed by atoms with Crippen LogP contribution in [-0.4, -0.2) is 27.0 Å². The van der Waals surface area contributed by atoms with Crippen molar-refractivity contribution in [1.29, 1.82) is 0 Å². The summed E-state index contributed by atoms with van der Waals surface area (Å²) in [5.74, 6) is 0.549. The lowest BCUT2D eigenvalue weighted by molar-refractivity contribution is 0.203. The molecular weight excluding hydrogens is 286 g/mol. The van der Waals surface area contributed by atoms with Crippen molar-refractivity contribution in [1.82, 2.24) is 14.8 Å². The fourth-order valence-electron chi connectivity index (χ4n) is 1.66. The highest BCUT2D eigenvalue weighted by atomic mass is 79.9. The van der Waals surface area contributed by atoms with E-state index in [1.807, 2.05) is 0 Å².